The molecule has 5 nitrogen and oxygen atoms in total. The van der Waals surface area contributed by atoms with Crippen LogP contribution < -0.4 is 10.6 Å². The third-order valence-corrected chi connectivity index (χ3v) is 4.87. The molecule has 1 fully saturated rings. The van der Waals surface area contributed by atoms with Crippen LogP contribution in [0.15, 0.2) is 48.5 Å². The van der Waals surface area contributed by atoms with Gasteiger partial charge in [0, 0.05) is 11.4 Å². The van der Waals surface area contributed by atoms with E-state index in [0.29, 0.717) is 24.1 Å². The van der Waals surface area contributed by atoms with Crippen molar-refractivity contribution in [1.29, 1.82) is 5.26 Å². The van der Waals surface area contributed by atoms with Crippen LogP contribution in [0.5, 0.6) is 0 Å². The molecule has 2 aromatic rings. The predicted molar refractivity (Wildman–Crippen MR) is 105 cm³/mol. The van der Waals surface area contributed by atoms with Crippen molar-refractivity contribution < 1.29 is 9.59 Å². The summed E-state index contributed by atoms with van der Waals surface area (Å²) in [5.41, 5.74) is 1.72. The van der Waals surface area contributed by atoms with Crippen LogP contribution in [0.3, 0.4) is 0 Å². The third-order valence-electron chi connectivity index (χ3n) is 4.87. The zero-order valence-corrected chi connectivity index (χ0v) is 15.8. The molecule has 0 bridgehead atoms. The van der Waals surface area contributed by atoms with Gasteiger partial charge in [0.2, 0.25) is 11.8 Å². The Bertz CT molecular complexity index is 914. The van der Waals surface area contributed by atoms with E-state index in [-0.39, 0.29) is 17.2 Å². The SMILES string of the molecule is CC(C)(C)c1ccccc1NC(=O)C1(C(=O)Nc2ccc(C#N)cc2)CC1. The lowest BCUT2D eigenvalue weighted by atomic mass is 9.85. The topological polar surface area (TPSA) is 82.0 Å². The highest BCUT2D eigenvalue weighted by Gasteiger charge is 2.56. The van der Waals surface area contributed by atoms with Gasteiger partial charge < -0.3 is 10.6 Å². The number of hydrogen-bond acceptors (Lipinski definition) is 3. The maximum Gasteiger partial charge on any atom is 0.240 e. The number of anilines is 2. The lowest BCUT2D eigenvalue weighted by Gasteiger charge is -2.24. The first-order valence-corrected chi connectivity index (χ1v) is 8.99. The Morgan fingerprint density at radius 2 is 1.56 bits per heavy atom. The van der Waals surface area contributed by atoms with Crippen LogP contribution in [0.4, 0.5) is 11.4 Å². The van der Waals surface area contributed by atoms with E-state index in [9.17, 15) is 9.59 Å². The summed E-state index contributed by atoms with van der Waals surface area (Å²) < 4.78 is 0. The molecule has 2 aromatic carbocycles. The number of hydrogen-bond donors (Lipinski definition) is 2. The van der Waals surface area contributed by atoms with Crippen molar-refractivity contribution in [1.82, 2.24) is 0 Å². The van der Waals surface area contributed by atoms with Crippen molar-refractivity contribution in [3.63, 3.8) is 0 Å². The average Bonchev–Trinajstić information content (AvgIpc) is 3.44. The van der Waals surface area contributed by atoms with Gasteiger partial charge in [-0.05, 0) is 54.2 Å². The number of amides is 2. The second-order valence-electron chi connectivity index (χ2n) is 7.98. The largest absolute Gasteiger partial charge is 0.325 e. The Kier molecular flexibility index (Phi) is 4.75. The van der Waals surface area contributed by atoms with Crippen molar-refractivity contribution in [2.45, 2.75) is 39.0 Å². The number of para-hydroxylation sites is 1. The molecule has 0 atom stereocenters. The van der Waals surface area contributed by atoms with Gasteiger partial charge in [0.25, 0.3) is 0 Å². The van der Waals surface area contributed by atoms with Gasteiger partial charge in [-0.25, -0.2) is 0 Å². The molecule has 138 valence electrons. The molecule has 27 heavy (non-hydrogen) atoms. The Morgan fingerprint density at radius 1 is 0.963 bits per heavy atom. The number of nitrogens with one attached hydrogen (secondary N) is 2. The number of nitrogens with zero attached hydrogens (tertiary/aromatic N) is 1. The number of carbonyl (C=O) groups is 2. The second kappa shape index (κ2) is 6.88. The summed E-state index contributed by atoms with van der Waals surface area (Å²) in [6.07, 6.45) is 1.05. The summed E-state index contributed by atoms with van der Waals surface area (Å²) in [6.45, 7) is 6.26. The maximum absolute atomic E-state index is 12.9. The van der Waals surface area contributed by atoms with Gasteiger partial charge in [-0.15, -0.1) is 0 Å². The van der Waals surface area contributed by atoms with Crippen molar-refractivity contribution in [2.75, 3.05) is 10.6 Å². The first kappa shape index (κ1) is 18.7. The molecule has 2 amide bonds. The van der Waals surface area contributed by atoms with E-state index in [1.165, 1.54) is 0 Å². The molecule has 0 aromatic heterocycles. The smallest absolute Gasteiger partial charge is 0.240 e. The molecule has 0 spiro atoms. The van der Waals surface area contributed by atoms with Gasteiger partial charge in [0.15, 0.2) is 0 Å². The molecular weight excluding hydrogens is 338 g/mol. The zero-order valence-electron chi connectivity index (χ0n) is 15.8. The van der Waals surface area contributed by atoms with E-state index >= 15 is 0 Å². The van der Waals surface area contributed by atoms with Gasteiger partial charge in [0.1, 0.15) is 5.41 Å². The van der Waals surface area contributed by atoms with Gasteiger partial charge in [-0.2, -0.15) is 5.26 Å². The van der Waals surface area contributed by atoms with Crippen LogP contribution >= 0.6 is 0 Å². The number of nitriles is 1. The van der Waals surface area contributed by atoms with Crippen molar-refractivity contribution in [3.8, 4) is 6.07 Å². The minimum absolute atomic E-state index is 0.120. The molecule has 1 aliphatic carbocycles. The molecule has 0 aliphatic heterocycles. The van der Waals surface area contributed by atoms with E-state index in [4.69, 9.17) is 5.26 Å². The number of carbonyl (C=O) groups excluding carboxylic acids is 2. The molecule has 0 saturated heterocycles. The van der Waals surface area contributed by atoms with Crippen LogP contribution in [0.2, 0.25) is 0 Å². The normalized spacial score (nSPS) is 14.7. The van der Waals surface area contributed by atoms with Crippen LogP contribution in [-0.4, -0.2) is 11.8 Å². The van der Waals surface area contributed by atoms with Crippen molar-refractivity contribution in [3.05, 3.63) is 59.7 Å². The van der Waals surface area contributed by atoms with Gasteiger partial charge in [-0.1, -0.05) is 39.0 Å². The molecule has 3 rings (SSSR count). The maximum atomic E-state index is 12.9. The van der Waals surface area contributed by atoms with Gasteiger partial charge >= 0.3 is 0 Å². The summed E-state index contributed by atoms with van der Waals surface area (Å²) in [4.78, 5) is 25.6. The fourth-order valence-corrected chi connectivity index (χ4v) is 3.05. The lowest BCUT2D eigenvalue weighted by Crippen LogP contribution is -2.36. The molecule has 0 radical (unpaired) electrons. The van der Waals surface area contributed by atoms with E-state index in [2.05, 4.69) is 31.4 Å². The summed E-state index contributed by atoms with van der Waals surface area (Å²) in [5, 5.41) is 14.6. The predicted octanol–water partition coefficient (Wildman–Crippen LogP) is 4.21. The standard InChI is InChI=1S/C22H23N3O2/c1-21(2,3)17-6-4-5-7-18(17)25-20(27)22(12-13-22)19(26)24-16-10-8-15(14-23)9-11-16/h4-11H,12-13H2,1-3H3,(H,24,26)(H,25,27). The van der Waals surface area contributed by atoms with E-state index in [1.807, 2.05) is 30.3 Å². The van der Waals surface area contributed by atoms with Crippen LogP contribution in [0.1, 0.15) is 44.7 Å². The van der Waals surface area contributed by atoms with Crippen molar-refractivity contribution >= 4 is 23.2 Å². The monoisotopic (exact) mass is 361 g/mol. The number of benzene rings is 2. The Hall–Kier alpha value is -3.13. The van der Waals surface area contributed by atoms with Crippen LogP contribution in [0.25, 0.3) is 0 Å². The van der Waals surface area contributed by atoms with Crippen molar-refractivity contribution in [2.24, 2.45) is 5.41 Å². The summed E-state index contributed by atoms with van der Waals surface area (Å²) in [5.74, 6) is -0.580. The minimum atomic E-state index is -1.03. The molecule has 1 saturated carbocycles. The fraction of sp³-hybridized carbons (Fsp3) is 0.318. The van der Waals surface area contributed by atoms with Gasteiger partial charge in [-0.3, -0.25) is 9.59 Å². The molecule has 1 aliphatic rings. The minimum Gasteiger partial charge on any atom is -0.325 e. The average molecular weight is 361 g/mol. The lowest BCUT2D eigenvalue weighted by molar-refractivity contribution is -0.131. The Balaban J connectivity index is 1.75. The van der Waals surface area contributed by atoms with E-state index in [1.54, 1.807) is 24.3 Å². The van der Waals surface area contributed by atoms with E-state index < -0.39 is 5.41 Å². The highest BCUT2D eigenvalue weighted by atomic mass is 16.2. The highest BCUT2D eigenvalue weighted by Crippen LogP contribution is 2.48. The Morgan fingerprint density at radius 3 is 2.11 bits per heavy atom. The zero-order chi connectivity index (χ0) is 19.7. The summed E-state index contributed by atoms with van der Waals surface area (Å²) >= 11 is 0. The molecule has 5 heteroatoms. The molecule has 0 heterocycles. The summed E-state index contributed by atoms with van der Waals surface area (Å²) in [7, 11) is 0. The Labute approximate surface area is 159 Å². The molecular formula is C22H23N3O2. The second-order valence-corrected chi connectivity index (χ2v) is 7.98. The third kappa shape index (κ3) is 3.85. The van der Waals surface area contributed by atoms with Crippen LogP contribution in [-0.2, 0) is 15.0 Å². The first-order valence-electron chi connectivity index (χ1n) is 8.99. The first-order chi connectivity index (χ1) is 12.8. The number of rotatable bonds is 4. The fourth-order valence-electron chi connectivity index (χ4n) is 3.05. The van der Waals surface area contributed by atoms with Crippen LogP contribution in [0, 0.1) is 16.7 Å². The molecule has 2 N–H and O–H groups in total. The highest BCUT2D eigenvalue weighted by molar-refractivity contribution is 6.17. The van der Waals surface area contributed by atoms with Gasteiger partial charge in [0.05, 0.1) is 11.6 Å². The van der Waals surface area contributed by atoms with E-state index in [0.717, 1.165) is 11.3 Å². The quantitative estimate of drug-likeness (QED) is 0.800. The summed E-state index contributed by atoms with van der Waals surface area (Å²) in [6, 6.07) is 16.3. The molecule has 0 unspecified atom stereocenters.